The largest absolute Gasteiger partial charge is 0.462 e. The maximum atomic E-state index is 13.1. The third-order valence-corrected chi connectivity index (χ3v) is 6.69. The van der Waals surface area contributed by atoms with Crippen molar-refractivity contribution in [1.29, 1.82) is 10.5 Å². The molecule has 3 rings (SSSR count). The summed E-state index contributed by atoms with van der Waals surface area (Å²) in [6.45, 7) is 9.94. The fraction of sp³-hybridized carbons (Fsp3) is 0.231. The van der Waals surface area contributed by atoms with Crippen molar-refractivity contribution in [3.05, 3.63) is 74.6 Å². The van der Waals surface area contributed by atoms with E-state index in [1.807, 2.05) is 37.3 Å². The van der Waals surface area contributed by atoms with E-state index in [-0.39, 0.29) is 24.2 Å². The fourth-order valence-electron chi connectivity index (χ4n) is 3.80. The zero-order valence-electron chi connectivity index (χ0n) is 18.8. The second-order valence-electron chi connectivity index (χ2n) is 7.37. The van der Waals surface area contributed by atoms with Gasteiger partial charge in [0.15, 0.2) is 5.78 Å². The van der Waals surface area contributed by atoms with Crippen LogP contribution in [0.15, 0.2) is 42.5 Å². The lowest BCUT2D eigenvalue weighted by Crippen LogP contribution is -2.05. The molecule has 0 N–H and O–H groups in total. The second kappa shape index (κ2) is 10.1. The number of carbonyl (C=O) groups excluding carboxylic acids is 2. The number of esters is 1. The quantitative estimate of drug-likeness (QED) is 0.199. The maximum absolute atomic E-state index is 13.1. The molecule has 3 aromatic rings. The molecule has 0 saturated heterocycles. The number of hydrogen-bond donors (Lipinski definition) is 0. The van der Waals surface area contributed by atoms with Crippen LogP contribution in [0.4, 0.5) is 0 Å². The molecule has 2 heterocycles. The Kier molecular flexibility index (Phi) is 7.27. The van der Waals surface area contributed by atoms with Gasteiger partial charge >= 0.3 is 5.97 Å². The number of benzene rings is 1. The minimum Gasteiger partial charge on any atom is -0.462 e. The van der Waals surface area contributed by atoms with Gasteiger partial charge in [0, 0.05) is 40.0 Å². The number of para-hydroxylation sites is 1. The lowest BCUT2D eigenvalue weighted by molar-refractivity contribution is -0.114. The average molecular weight is 458 g/mol. The molecule has 33 heavy (non-hydrogen) atoms. The topological polar surface area (TPSA) is 95.9 Å². The van der Waals surface area contributed by atoms with Crippen LogP contribution in [0.3, 0.4) is 0 Å². The third kappa shape index (κ3) is 4.50. The van der Waals surface area contributed by atoms with Crippen LogP contribution >= 0.6 is 11.3 Å². The highest BCUT2D eigenvalue weighted by molar-refractivity contribution is 7.14. The molecule has 6 nitrogen and oxygen atoms in total. The number of aromatic nitrogens is 1. The van der Waals surface area contributed by atoms with Crippen LogP contribution in [0.5, 0.6) is 0 Å². The van der Waals surface area contributed by atoms with E-state index in [4.69, 9.17) is 4.74 Å². The SMILES string of the molecule is C=CCn1c(C)c(/C=C(\C#N)C(=O)Cc2sc(C(=O)OCC)c(C)c2C#N)c2ccccc21. The number of hydrogen-bond acceptors (Lipinski definition) is 6. The average Bonchev–Trinajstić information content (AvgIpc) is 3.26. The summed E-state index contributed by atoms with van der Waals surface area (Å²) in [5.74, 6) is -0.928. The van der Waals surface area contributed by atoms with E-state index in [9.17, 15) is 20.1 Å². The number of carbonyl (C=O) groups is 2. The minimum absolute atomic E-state index is 0.00719. The highest BCUT2D eigenvalue weighted by atomic mass is 32.1. The zero-order chi connectivity index (χ0) is 24.1. The minimum atomic E-state index is -0.517. The van der Waals surface area contributed by atoms with Crippen LogP contribution in [0.2, 0.25) is 0 Å². The lowest BCUT2D eigenvalue weighted by atomic mass is 10.0. The van der Waals surface area contributed by atoms with Gasteiger partial charge in [-0.25, -0.2) is 4.79 Å². The van der Waals surface area contributed by atoms with Gasteiger partial charge in [0.1, 0.15) is 17.0 Å². The first-order chi connectivity index (χ1) is 15.9. The molecule has 2 aromatic heterocycles. The number of rotatable bonds is 8. The first-order valence-electron chi connectivity index (χ1n) is 10.4. The first-order valence-corrected chi connectivity index (χ1v) is 11.2. The molecule has 1 aromatic carbocycles. The number of nitriles is 2. The number of nitrogens with zero attached hydrogens (tertiary/aromatic N) is 3. The molecule has 0 fully saturated rings. The Balaban J connectivity index is 2.02. The zero-order valence-corrected chi connectivity index (χ0v) is 19.6. The summed E-state index contributed by atoms with van der Waals surface area (Å²) < 4.78 is 7.13. The number of thiophene rings is 1. The van der Waals surface area contributed by atoms with Gasteiger partial charge in [0.05, 0.1) is 17.7 Å². The lowest BCUT2D eigenvalue weighted by Gasteiger charge is -2.04. The molecular weight excluding hydrogens is 434 g/mol. The van der Waals surface area contributed by atoms with Gasteiger partial charge in [-0.3, -0.25) is 4.79 Å². The van der Waals surface area contributed by atoms with E-state index >= 15 is 0 Å². The Bertz CT molecular complexity index is 1380. The summed E-state index contributed by atoms with van der Waals surface area (Å²) in [7, 11) is 0. The molecule has 0 radical (unpaired) electrons. The maximum Gasteiger partial charge on any atom is 0.348 e. The van der Waals surface area contributed by atoms with E-state index < -0.39 is 11.8 Å². The van der Waals surface area contributed by atoms with Gasteiger partial charge < -0.3 is 9.30 Å². The number of fused-ring (bicyclic) bond motifs is 1. The van der Waals surface area contributed by atoms with Crippen molar-refractivity contribution in [3.8, 4) is 12.1 Å². The molecule has 0 saturated carbocycles. The van der Waals surface area contributed by atoms with Crippen molar-refractivity contribution < 1.29 is 14.3 Å². The Morgan fingerprint density at radius 3 is 2.61 bits per heavy atom. The molecule has 0 amide bonds. The van der Waals surface area contributed by atoms with Crippen molar-refractivity contribution in [3.63, 3.8) is 0 Å². The van der Waals surface area contributed by atoms with Crippen molar-refractivity contribution in [2.75, 3.05) is 6.61 Å². The standard InChI is InChI=1S/C26H23N3O3S/c1-5-11-29-17(4)20(19-9-7-8-10-22(19)29)12-18(14-27)23(30)13-24-21(15-28)16(3)25(33-24)26(31)32-6-2/h5,7-10,12H,1,6,11,13H2,2-4H3/b18-12+. The van der Waals surface area contributed by atoms with Gasteiger partial charge in [0.25, 0.3) is 0 Å². The highest BCUT2D eigenvalue weighted by Crippen LogP contribution is 2.31. The Hall–Kier alpha value is -3.94. The molecule has 0 unspecified atom stereocenters. The number of ketones is 1. The molecule has 166 valence electrons. The molecule has 0 aliphatic rings. The van der Waals surface area contributed by atoms with Crippen molar-refractivity contribution in [1.82, 2.24) is 4.57 Å². The number of Topliss-reactive ketones (excluding diaryl/α,β-unsaturated/α-hetero) is 1. The van der Waals surface area contributed by atoms with Crippen LogP contribution in [0.1, 0.15) is 43.9 Å². The van der Waals surface area contributed by atoms with Gasteiger partial charge in [0.2, 0.25) is 0 Å². The molecule has 0 spiro atoms. The van der Waals surface area contributed by atoms with Crippen LogP contribution in [-0.2, 0) is 22.5 Å². The van der Waals surface area contributed by atoms with E-state index in [1.54, 1.807) is 26.0 Å². The Labute approximate surface area is 196 Å². The van der Waals surface area contributed by atoms with E-state index in [1.165, 1.54) is 0 Å². The van der Waals surface area contributed by atoms with Crippen LogP contribution in [0, 0.1) is 36.5 Å². The summed E-state index contributed by atoms with van der Waals surface area (Å²) in [6, 6.07) is 11.9. The van der Waals surface area contributed by atoms with Gasteiger partial charge in [-0.15, -0.1) is 17.9 Å². The van der Waals surface area contributed by atoms with Gasteiger partial charge in [-0.1, -0.05) is 24.3 Å². The summed E-state index contributed by atoms with van der Waals surface area (Å²) in [5, 5.41) is 20.3. The van der Waals surface area contributed by atoms with Gasteiger partial charge in [-0.2, -0.15) is 10.5 Å². The third-order valence-electron chi connectivity index (χ3n) is 5.41. The van der Waals surface area contributed by atoms with Crippen LogP contribution in [-0.4, -0.2) is 22.9 Å². The summed E-state index contributed by atoms with van der Waals surface area (Å²) in [5.41, 5.74) is 3.48. The van der Waals surface area contributed by atoms with Crippen molar-refractivity contribution >= 4 is 40.1 Å². The fourth-order valence-corrected chi connectivity index (χ4v) is 4.95. The Morgan fingerprint density at radius 2 is 1.97 bits per heavy atom. The van der Waals surface area contributed by atoms with E-state index in [0.29, 0.717) is 21.9 Å². The molecule has 0 aliphatic heterocycles. The van der Waals surface area contributed by atoms with Crippen molar-refractivity contribution in [2.45, 2.75) is 33.7 Å². The smallest absolute Gasteiger partial charge is 0.348 e. The Morgan fingerprint density at radius 1 is 1.24 bits per heavy atom. The second-order valence-corrected chi connectivity index (χ2v) is 8.48. The highest BCUT2D eigenvalue weighted by Gasteiger charge is 2.24. The van der Waals surface area contributed by atoms with Crippen molar-refractivity contribution in [2.24, 2.45) is 0 Å². The molecular formula is C26H23N3O3S. The number of ether oxygens (including phenoxy) is 1. The molecule has 0 bridgehead atoms. The molecule has 7 heteroatoms. The first kappa shape index (κ1) is 23.7. The monoisotopic (exact) mass is 457 g/mol. The van der Waals surface area contributed by atoms with Gasteiger partial charge in [-0.05, 0) is 38.5 Å². The summed E-state index contributed by atoms with van der Waals surface area (Å²) >= 11 is 1.07. The summed E-state index contributed by atoms with van der Waals surface area (Å²) in [4.78, 5) is 26.0. The molecule has 0 atom stereocenters. The van der Waals surface area contributed by atoms with Crippen LogP contribution in [0.25, 0.3) is 17.0 Å². The van der Waals surface area contributed by atoms with E-state index in [0.717, 1.165) is 33.5 Å². The predicted molar refractivity (Wildman–Crippen MR) is 129 cm³/mol. The normalized spacial score (nSPS) is 11.1. The molecule has 0 aliphatic carbocycles. The predicted octanol–water partition coefficient (Wildman–Crippen LogP) is 5.27. The van der Waals surface area contributed by atoms with Crippen LogP contribution < -0.4 is 0 Å². The summed E-state index contributed by atoms with van der Waals surface area (Å²) in [6.07, 6.45) is 3.27. The van der Waals surface area contributed by atoms with E-state index in [2.05, 4.69) is 17.2 Å². The number of allylic oxidation sites excluding steroid dienone is 2.